The first-order valence-electron chi connectivity index (χ1n) is 5.64. The normalized spacial score (nSPS) is 12.6. The molecule has 84 valence electrons. The maximum atomic E-state index is 8.80. The minimum atomic E-state index is -0.0140. The third-order valence-corrected chi connectivity index (χ3v) is 2.55. The smallest absolute Gasteiger partial charge is 0.0663 e. The van der Waals surface area contributed by atoms with Gasteiger partial charge in [-0.3, -0.25) is 0 Å². The van der Waals surface area contributed by atoms with Gasteiger partial charge >= 0.3 is 0 Å². The minimum absolute atomic E-state index is 0.0140. The fraction of sp³-hybridized carbons (Fsp3) is 0.833. The van der Waals surface area contributed by atoms with Crippen LogP contribution in [0.15, 0.2) is 11.6 Å². The first-order chi connectivity index (χ1) is 6.74. The molecule has 2 heteroatoms. The van der Waals surface area contributed by atoms with Crippen LogP contribution in [0.25, 0.3) is 0 Å². The van der Waals surface area contributed by atoms with Gasteiger partial charge in [-0.25, -0.2) is 0 Å². The van der Waals surface area contributed by atoms with E-state index in [2.05, 4.69) is 13.8 Å². The van der Waals surface area contributed by atoms with Crippen LogP contribution >= 0.6 is 0 Å². The summed E-state index contributed by atoms with van der Waals surface area (Å²) in [6, 6.07) is 0. The van der Waals surface area contributed by atoms with Crippen LogP contribution in [0.5, 0.6) is 0 Å². The van der Waals surface area contributed by atoms with Crippen LogP contribution < -0.4 is 0 Å². The Bertz CT molecular complexity index is 146. The summed E-state index contributed by atoms with van der Waals surface area (Å²) in [6.07, 6.45) is 7.95. The summed E-state index contributed by atoms with van der Waals surface area (Å²) in [5.74, 6) is 0.754. The zero-order valence-electron chi connectivity index (χ0n) is 9.50. The van der Waals surface area contributed by atoms with Gasteiger partial charge in [0, 0.05) is 0 Å². The van der Waals surface area contributed by atoms with Crippen molar-refractivity contribution in [2.75, 3.05) is 13.2 Å². The predicted molar refractivity (Wildman–Crippen MR) is 60.2 cm³/mol. The summed E-state index contributed by atoms with van der Waals surface area (Å²) < 4.78 is 0. The lowest BCUT2D eigenvalue weighted by Gasteiger charge is -2.08. The summed E-state index contributed by atoms with van der Waals surface area (Å²) in [6.45, 7) is 4.45. The van der Waals surface area contributed by atoms with Gasteiger partial charge in [-0.2, -0.15) is 0 Å². The van der Waals surface area contributed by atoms with Crippen molar-refractivity contribution in [2.24, 2.45) is 5.92 Å². The van der Waals surface area contributed by atoms with E-state index in [4.69, 9.17) is 10.2 Å². The molecule has 0 fully saturated rings. The Morgan fingerprint density at radius 1 is 1.21 bits per heavy atom. The lowest BCUT2D eigenvalue weighted by Crippen LogP contribution is -1.98. The molecule has 0 saturated carbocycles. The van der Waals surface area contributed by atoms with Crippen LogP contribution in [0.4, 0.5) is 0 Å². The molecule has 0 aromatic carbocycles. The highest BCUT2D eigenvalue weighted by Crippen LogP contribution is 2.14. The van der Waals surface area contributed by atoms with E-state index in [9.17, 15) is 0 Å². The molecule has 0 heterocycles. The first-order valence-corrected chi connectivity index (χ1v) is 5.64. The second kappa shape index (κ2) is 9.22. The Hall–Kier alpha value is -0.340. The number of aliphatic hydroxyl groups excluding tert-OH is 2. The van der Waals surface area contributed by atoms with E-state index in [0.29, 0.717) is 0 Å². The summed E-state index contributed by atoms with van der Waals surface area (Å²) >= 11 is 0. The third kappa shape index (κ3) is 7.10. The molecular weight excluding hydrogens is 176 g/mol. The van der Waals surface area contributed by atoms with Gasteiger partial charge < -0.3 is 10.2 Å². The van der Waals surface area contributed by atoms with Crippen molar-refractivity contribution in [3.63, 3.8) is 0 Å². The molecule has 0 spiro atoms. The van der Waals surface area contributed by atoms with Crippen molar-refractivity contribution in [1.82, 2.24) is 0 Å². The molecule has 0 bridgehead atoms. The average Bonchev–Trinajstić information content (AvgIpc) is 2.21. The predicted octanol–water partition coefficient (Wildman–Crippen LogP) is 2.50. The van der Waals surface area contributed by atoms with E-state index in [1.54, 1.807) is 0 Å². The highest BCUT2D eigenvalue weighted by atomic mass is 16.3. The van der Waals surface area contributed by atoms with Crippen LogP contribution in [0.3, 0.4) is 0 Å². The van der Waals surface area contributed by atoms with E-state index in [0.717, 1.165) is 24.3 Å². The second-order valence-electron chi connectivity index (χ2n) is 4.00. The van der Waals surface area contributed by atoms with E-state index in [1.807, 2.05) is 6.08 Å². The number of aliphatic hydroxyl groups is 2. The molecule has 0 radical (unpaired) electrons. The Morgan fingerprint density at radius 3 is 2.36 bits per heavy atom. The number of hydrogen-bond acceptors (Lipinski definition) is 2. The molecule has 0 aromatic heterocycles. The molecular formula is C12H24O2. The van der Waals surface area contributed by atoms with Crippen molar-refractivity contribution < 1.29 is 10.2 Å². The van der Waals surface area contributed by atoms with Gasteiger partial charge in [0.2, 0.25) is 0 Å². The van der Waals surface area contributed by atoms with E-state index in [-0.39, 0.29) is 13.2 Å². The number of unbranched alkanes of at least 4 members (excludes halogenated alkanes) is 1. The standard InChI is InChI=1S/C12H24O2/c1-3-4-6-11(2)7-5-8-12(9-13)10-14/h8,11,13-14H,3-7,9-10H2,1-2H3/t11-/m0/s1. The van der Waals surface area contributed by atoms with E-state index in [1.165, 1.54) is 19.3 Å². The van der Waals surface area contributed by atoms with Crippen LogP contribution in [-0.2, 0) is 0 Å². The van der Waals surface area contributed by atoms with Gasteiger partial charge in [0.1, 0.15) is 0 Å². The highest BCUT2D eigenvalue weighted by Gasteiger charge is 2.00. The van der Waals surface area contributed by atoms with Crippen molar-refractivity contribution in [3.8, 4) is 0 Å². The van der Waals surface area contributed by atoms with Gasteiger partial charge in [0.05, 0.1) is 13.2 Å². The van der Waals surface area contributed by atoms with Gasteiger partial charge in [0.25, 0.3) is 0 Å². The Balaban J connectivity index is 3.55. The number of allylic oxidation sites excluding steroid dienone is 1. The molecule has 0 saturated heterocycles. The maximum absolute atomic E-state index is 8.80. The summed E-state index contributed by atoms with van der Waals surface area (Å²) in [4.78, 5) is 0. The molecule has 0 amide bonds. The average molecular weight is 200 g/mol. The topological polar surface area (TPSA) is 40.5 Å². The Morgan fingerprint density at radius 2 is 1.86 bits per heavy atom. The van der Waals surface area contributed by atoms with E-state index < -0.39 is 0 Å². The fourth-order valence-electron chi connectivity index (χ4n) is 1.45. The van der Waals surface area contributed by atoms with Crippen molar-refractivity contribution >= 4 is 0 Å². The first kappa shape index (κ1) is 13.7. The molecule has 0 unspecified atom stereocenters. The van der Waals surface area contributed by atoms with Crippen molar-refractivity contribution in [1.29, 1.82) is 0 Å². The van der Waals surface area contributed by atoms with Crippen molar-refractivity contribution in [3.05, 3.63) is 11.6 Å². The quantitative estimate of drug-likeness (QED) is 0.591. The van der Waals surface area contributed by atoms with Crippen LogP contribution in [0.1, 0.15) is 46.0 Å². The maximum Gasteiger partial charge on any atom is 0.0663 e. The highest BCUT2D eigenvalue weighted by molar-refractivity contribution is 5.01. The number of rotatable bonds is 8. The molecule has 0 aromatic rings. The summed E-state index contributed by atoms with van der Waals surface area (Å²) in [5, 5.41) is 17.6. The van der Waals surface area contributed by atoms with Gasteiger partial charge in [0.15, 0.2) is 0 Å². The lowest BCUT2D eigenvalue weighted by atomic mass is 9.98. The molecule has 14 heavy (non-hydrogen) atoms. The molecule has 2 nitrogen and oxygen atoms in total. The fourth-order valence-corrected chi connectivity index (χ4v) is 1.45. The Kier molecular flexibility index (Phi) is 9.00. The van der Waals surface area contributed by atoms with Gasteiger partial charge in [-0.15, -0.1) is 0 Å². The van der Waals surface area contributed by atoms with Gasteiger partial charge in [-0.05, 0) is 24.3 Å². The molecule has 0 aliphatic heterocycles. The molecule has 2 N–H and O–H groups in total. The van der Waals surface area contributed by atoms with Crippen LogP contribution in [0.2, 0.25) is 0 Å². The molecule has 1 atom stereocenters. The monoisotopic (exact) mass is 200 g/mol. The lowest BCUT2D eigenvalue weighted by molar-refractivity contribution is 0.275. The minimum Gasteiger partial charge on any atom is -0.392 e. The number of hydrogen-bond donors (Lipinski definition) is 2. The van der Waals surface area contributed by atoms with E-state index >= 15 is 0 Å². The summed E-state index contributed by atoms with van der Waals surface area (Å²) in [7, 11) is 0. The van der Waals surface area contributed by atoms with Gasteiger partial charge in [-0.1, -0.05) is 39.2 Å². The second-order valence-corrected chi connectivity index (χ2v) is 4.00. The summed E-state index contributed by atoms with van der Waals surface area (Å²) in [5.41, 5.74) is 0.743. The molecule has 0 rings (SSSR count). The molecule has 0 aliphatic carbocycles. The molecule has 0 aliphatic rings. The zero-order chi connectivity index (χ0) is 10.8. The van der Waals surface area contributed by atoms with Crippen molar-refractivity contribution in [2.45, 2.75) is 46.0 Å². The third-order valence-electron chi connectivity index (χ3n) is 2.55. The largest absolute Gasteiger partial charge is 0.392 e. The zero-order valence-corrected chi connectivity index (χ0v) is 9.50. The Labute approximate surface area is 87.7 Å². The van der Waals surface area contributed by atoms with Crippen LogP contribution in [0, 0.1) is 5.92 Å². The van der Waals surface area contributed by atoms with Crippen LogP contribution in [-0.4, -0.2) is 23.4 Å². The SMILES string of the molecule is CCCC[C@H](C)CCC=C(CO)CO.